The lowest BCUT2D eigenvalue weighted by Crippen LogP contribution is -2.14. The number of anilines is 1. The summed E-state index contributed by atoms with van der Waals surface area (Å²) in [6.45, 7) is 0.318. The first-order valence-corrected chi connectivity index (χ1v) is 11.6. The highest BCUT2D eigenvalue weighted by molar-refractivity contribution is 7.92. The Morgan fingerprint density at radius 2 is 1.88 bits per heavy atom. The lowest BCUT2D eigenvalue weighted by molar-refractivity contribution is 0.420. The van der Waals surface area contributed by atoms with Crippen LogP contribution in [0.15, 0.2) is 65.6 Å². The minimum atomic E-state index is -4.09. The normalized spacial score (nSPS) is 11.3. The average Bonchev–Trinajstić information content (AvgIpc) is 3.12. The molecule has 0 bridgehead atoms. The number of sulfonamides is 1. The van der Waals surface area contributed by atoms with E-state index in [1.54, 1.807) is 35.0 Å². The molecule has 0 fully saturated rings. The van der Waals surface area contributed by atoms with Crippen molar-refractivity contribution < 1.29 is 13.2 Å². The number of fused-ring (bicyclic) bond motifs is 1. The zero-order valence-electron chi connectivity index (χ0n) is 16.7. The monoisotopic (exact) mass is 486 g/mol. The fourth-order valence-electron chi connectivity index (χ4n) is 3.35. The number of hydrogen-bond acceptors (Lipinski definition) is 5. The Balaban J connectivity index is 1.83. The lowest BCUT2D eigenvalue weighted by atomic mass is 10.1. The summed E-state index contributed by atoms with van der Waals surface area (Å²) in [7, 11) is -2.60. The van der Waals surface area contributed by atoms with Crippen LogP contribution in [0.4, 0.5) is 5.82 Å². The Morgan fingerprint density at radius 3 is 2.62 bits per heavy atom. The number of benzene rings is 3. The molecule has 3 aromatic carbocycles. The van der Waals surface area contributed by atoms with Crippen molar-refractivity contribution in [2.24, 2.45) is 0 Å². The number of rotatable bonds is 6. The molecular formula is C22H16Cl2N4O3S. The second-order valence-corrected chi connectivity index (χ2v) is 9.27. The summed E-state index contributed by atoms with van der Waals surface area (Å²) < 4.78 is 35.8. The first-order valence-electron chi connectivity index (χ1n) is 9.33. The summed E-state index contributed by atoms with van der Waals surface area (Å²) >= 11 is 12.1. The summed E-state index contributed by atoms with van der Waals surface area (Å²) in [5, 5.41) is 14.2. The highest BCUT2D eigenvalue weighted by atomic mass is 35.5. The third-order valence-corrected chi connectivity index (χ3v) is 7.10. The minimum absolute atomic E-state index is 0.0781. The zero-order valence-corrected chi connectivity index (χ0v) is 19.0. The van der Waals surface area contributed by atoms with Gasteiger partial charge in [0, 0.05) is 0 Å². The Morgan fingerprint density at radius 1 is 1.12 bits per heavy atom. The van der Waals surface area contributed by atoms with Crippen molar-refractivity contribution in [3.63, 3.8) is 0 Å². The van der Waals surface area contributed by atoms with Gasteiger partial charge in [-0.1, -0.05) is 47.5 Å². The van der Waals surface area contributed by atoms with Gasteiger partial charge in [-0.2, -0.15) is 10.4 Å². The summed E-state index contributed by atoms with van der Waals surface area (Å²) in [5.41, 5.74) is 2.01. The highest BCUT2D eigenvalue weighted by Gasteiger charge is 2.24. The van der Waals surface area contributed by atoms with Gasteiger partial charge in [0.05, 0.1) is 46.2 Å². The molecule has 0 saturated heterocycles. The molecule has 4 aromatic rings. The fourth-order valence-corrected chi connectivity index (χ4v) is 5.12. The standard InChI is InChI=1S/C22H16Cl2N4O3S/c1-31-18-9-4-8-17-20(18)22(26-28(17)13-15-6-2-5-14(11-15)12-25)27-32(29,30)19-10-3-7-16(23)21(19)24/h2-11H,13H2,1H3,(H,26,27). The number of hydrogen-bond donors (Lipinski definition) is 1. The van der Waals surface area contributed by atoms with Gasteiger partial charge in [0.25, 0.3) is 10.0 Å². The van der Waals surface area contributed by atoms with E-state index in [0.717, 1.165) is 5.56 Å². The number of nitriles is 1. The van der Waals surface area contributed by atoms with Gasteiger partial charge in [-0.25, -0.2) is 8.42 Å². The van der Waals surface area contributed by atoms with Crippen LogP contribution in [0.1, 0.15) is 11.1 Å². The predicted octanol–water partition coefficient (Wildman–Crippen LogP) is 5.07. The third-order valence-electron chi connectivity index (χ3n) is 4.78. The summed E-state index contributed by atoms with van der Waals surface area (Å²) in [5.74, 6) is 0.541. The smallest absolute Gasteiger partial charge is 0.264 e. The van der Waals surface area contributed by atoms with Crippen LogP contribution in [0.2, 0.25) is 10.0 Å². The molecule has 0 unspecified atom stereocenters. The van der Waals surface area contributed by atoms with Crippen molar-refractivity contribution in [3.05, 3.63) is 81.8 Å². The molecule has 0 atom stereocenters. The van der Waals surface area contributed by atoms with Crippen LogP contribution >= 0.6 is 23.2 Å². The van der Waals surface area contributed by atoms with E-state index in [1.165, 1.54) is 25.3 Å². The molecule has 1 aromatic heterocycles. The predicted molar refractivity (Wildman–Crippen MR) is 124 cm³/mol. The lowest BCUT2D eigenvalue weighted by Gasteiger charge is -2.09. The van der Waals surface area contributed by atoms with Crippen LogP contribution in [0, 0.1) is 11.3 Å². The van der Waals surface area contributed by atoms with E-state index in [9.17, 15) is 8.42 Å². The SMILES string of the molecule is COc1cccc2c1c(NS(=O)(=O)c1cccc(Cl)c1Cl)nn2Cc1cccc(C#N)c1. The van der Waals surface area contributed by atoms with Crippen LogP contribution in [0.3, 0.4) is 0 Å². The molecule has 0 spiro atoms. The molecule has 0 saturated carbocycles. The summed E-state index contributed by atoms with van der Waals surface area (Å²) in [6, 6.07) is 18.9. The molecule has 0 aliphatic rings. The van der Waals surface area contributed by atoms with E-state index < -0.39 is 10.0 Å². The maximum atomic E-state index is 13.1. The number of halogens is 2. The molecular weight excluding hydrogens is 471 g/mol. The van der Waals surface area contributed by atoms with Gasteiger partial charge in [-0.05, 0) is 42.0 Å². The number of aromatic nitrogens is 2. The molecule has 1 heterocycles. The van der Waals surface area contributed by atoms with E-state index in [-0.39, 0.29) is 20.8 Å². The van der Waals surface area contributed by atoms with Crippen LogP contribution in [-0.4, -0.2) is 25.3 Å². The van der Waals surface area contributed by atoms with E-state index in [2.05, 4.69) is 15.9 Å². The van der Waals surface area contributed by atoms with E-state index in [1.807, 2.05) is 12.1 Å². The minimum Gasteiger partial charge on any atom is -0.496 e. The van der Waals surface area contributed by atoms with Gasteiger partial charge in [0.2, 0.25) is 0 Å². The number of nitrogens with one attached hydrogen (secondary N) is 1. The molecule has 0 amide bonds. The maximum absolute atomic E-state index is 13.1. The van der Waals surface area contributed by atoms with Gasteiger partial charge in [-0.3, -0.25) is 9.40 Å². The largest absolute Gasteiger partial charge is 0.496 e. The van der Waals surface area contributed by atoms with Crippen molar-refractivity contribution in [3.8, 4) is 11.8 Å². The van der Waals surface area contributed by atoms with Crippen molar-refractivity contribution in [2.45, 2.75) is 11.4 Å². The molecule has 1 N–H and O–H groups in total. The zero-order chi connectivity index (χ0) is 22.9. The first kappa shape index (κ1) is 22.0. The molecule has 10 heteroatoms. The quantitative estimate of drug-likeness (QED) is 0.410. The van der Waals surface area contributed by atoms with E-state index in [4.69, 9.17) is 33.2 Å². The van der Waals surface area contributed by atoms with Gasteiger partial charge >= 0.3 is 0 Å². The van der Waals surface area contributed by atoms with Crippen LogP contribution in [-0.2, 0) is 16.6 Å². The number of ether oxygens (including phenoxy) is 1. The molecule has 0 aliphatic heterocycles. The van der Waals surface area contributed by atoms with Crippen molar-refractivity contribution in [2.75, 3.05) is 11.8 Å². The van der Waals surface area contributed by atoms with Crippen molar-refractivity contribution in [1.29, 1.82) is 5.26 Å². The van der Waals surface area contributed by atoms with E-state index >= 15 is 0 Å². The van der Waals surface area contributed by atoms with Crippen LogP contribution < -0.4 is 9.46 Å². The van der Waals surface area contributed by atoms with Gasteiger partial charge in [0.1, 0.15) is 10.6 Å². The summed E-state index contributed by atoms with van der Waals surface area (Å²) in [6.07, 6.45) is 0. The van der Waals surface area contributed by atoms with Gasteiger partial charge in [0.15, 0.2) is 5.82 Å². The Labute approximate surface area is 194 Å². The topological polar surface area (TPSA) is 97.0 Å². The molecule has 0 aliphatic carbocycles. The Hall–Kier alpha value is -3.25. The number of nitrogens with zero attached hydrogens (tertiary/aromatic N) is 3. The second kappa shape index (κ2) is 8.71. The van der Waals surface area contributed by atoms with E-state index in [0.29, 0.717) is 28.8 Å². The first-order chi connectivity index (χ1) is 15.3. The Kier molecular flexibility index (Phi) is 5.98. The number of methoxy groups -OCH3 is 1. The van der Waals surface area contributed by atoms with Crippen LogP contribution in [0.5, 0.6) is 5.75 Å². The molecule has 7 nitrogen and oxygen atoms in total. The molecule has 0 radical (unpaired) electrons. The van der Waals surface area contributed by atoms with Crippen LogP contribution in [0.25, 0.3) is 10.9 Å². The molecule has 32 heavy (non-hydrogen) atoms. The third kappa shape index (κ3) is 4.10. The maximum Gasteiger partial charge on any atom is 0.264 e. The molecule has 162 valence electrons. The van der Waals surface area contributed by atoms with Gasteiger partial charge in [-0.15, -0.1) is 0 Å². The Bertz CT molecular complexity index is 1480. The second-order valence-electron chi connectivity index (χ2n) is 6.83. The van der Waals surface area contributed by atoms with Crippen molar-refractivity contribution in [1.82, 2.24) is 9.78 Å². The summed E-state index contributed by atoms with van der Waals surface area (Å²) in [4.78, 5) is -0.161. The highest BCUT2D eigenvalue weighted by Crippen LogP contribution is 2.35. The van der Waals surface area contributed by atoms with Crippen molar-refractivity contribution >= 4 is 49.9 Å². The van der Waals surface area contributed by atoms with Gasteiger partial charge < -0.3 is 4.74 Å². The molecule has 4 rings (SSSR count). The average molecular weight is 487 g/mol. The fraction of sp³-hybridized carbons (Fsp3) is 0.0909.